The van der Waals surface area contributed by atoms with E-state index in [0.717, 1.165) is 54.8 Å². The van der Waals surface area contributed by atoms with Crippen molar-refractivity contribution in [2.24, 2.45) is 0 Å². The van der Waals surface area contributed by atoms with Crippen molar-refractivity contribution in [1.82, 2.24) is 15.3 Å². The molecule has 0 radical (unpaired) electrons. The van der Waals surface area contributed by atoms with Gasteiger partial charge in [0.1, 0.15) is 17.4 Å². The Bertz CT molecular complexity index is 1360. The number of benzene rings is 2. The number of hydrogen-bond donors (Lipinski definition) is 1. The van der Waals surface area contributed by atoms with E-state index in [2.05, 4.69) is 28.1 Å². The third-order valence-corrected chi connectivity index (χ3v) is 7.41. The van der Waals surface area contributed by atoms with Crippen LogP contribution >= 0.6 is 11.8 Å². The van der Waals surface area contributed by atoms with E-state index in [4.69, 9.17) is 14.4 Å². The van der Waals surface area contributed by atoms with E-state index in [9.17, 15) is 9.18 Å². The quantitative estimate of drug-likeness (QED) is 0.231. The fourth-order valence-electron chi connectivity index (χ4n) is 4.33. The molecule has 3 heterocycles. The molecule has 0 unspecified atom stereocenters. The van der Waals surface area contributed by atoms with E-state index in [0.29, 0.717) is 29.3 Å². The first-order valence-electron chi connectivity index (χ1n) is 12.7. The Balaban J connectivity index is 1.18. The maximum atomic E-state index is 14.2. The largest absolute Gasteiger partial charge is 0.467 e. The fraction of sp³-hybridized carbons (Fsp3) is 0.276. The SMILES string of the molecule is CCc1cc(N2CCN(c3ccccc3F)CC2)nc(SCc2ccc(C(=O)NCc3ccco3)cc2)n1. The van der Waals surface area contributed by atoms with Crippen molar-refractivity contribution in [3.8, 4) is 0 Å². The van der Waals surface area contributed by atoms with Crippen LogP contribution in [0.15, 0.2) is 82.6 Å². The van der Waals surface area contributed by atoms with Gasteiger partial charge in [0.15, 0.2) is 5.16 Å². The maximum Gasteiger partial charge on any atom is 0.251 e. The normalized spacial score (nSPS) is 13.5. The molecule has 5 rings (SSSR count). The molecule has 196 valence electrons. The summed E-state index contributed by atoms with van der Waals surface area (Å²) in [5.41, 5.74) is 3.34. The highest BCUT2D eigenvalue weighted by atomic mass is 32.2. The van der Waals surface area contributed by atoms with E-state index < -0.39 is 0 Å². The minimum atomic E-state index is -0.183. The number of hydrogen-bond acceptors (Lipinski definition) is 7. The molecule has 4 aromatic rings. The predicted octanol–water partition coefficient (Wildman–Crippen LogP) is 5.32. The van der Waals surface area contributed by atoms with Gasteiger partial charge in [0.25, 0.3) is 5.91 Å². The van der Waals surface area contributed by atoms with Gasteiger partial charge in [-0.05, 0) is 48.4 Å². The molecular weight excluding hydrogens is 501 g/mol. The van der Waals surface area contributed by atoms with Gasteiger partial charge in [-0.15, -0.1) is 0 Å². The Labute approximate surface area is 226 Å². The summed E-state index contributed by atoms with van der Waals surface area (Å²) in [4.78, 5) is 26.3. The van der Waals surface area contributed by atoms with Gasteiger partial charge in [0.05, 0.1) is 18.5 Å². The molecule has 0 aliphatic carbocycles. The predicted molar refractivity (Wildman–Crippen MR) is 148 cm³/mol. The van der Waals surface area contributed by atoms with Crippen LogP contribution in [0.1, 0.15) is 34.3 Å². The van der Waals surface area contributed by atoms with Crippen LogP contribution in [0.3, 0.4) is 0 Å². The Morgan fingerprint density at radius 1 is 1.00 bits per heavy atom. The molecule has 2 aromatic heterocycles. The lowest BCUT2D eigenvalue weighted by molar-refractivity contribution is 0.0948. The van der Waals surface area contributed by atoms with Crippen molar-refractivity contribution in [1.29, 1.82) is 0 Å². The number of aryl methyl sites for hydroxylation is 1. The van der Waals surface area contributed by atoms with Crippen molar-refractivity contribution in [3.63, 3.8) is 0 Å². The third-order valence-electron chi connectivity index (χ3n) is 6.49. The van der Waals surface area contributed by atoms with E-state index >= 15 is 0 Å². The van der Waals surface area contributed by atoms with Crippen LogP contribution in [-0.2, 0) is 18.7 Å². The number of rotatable bonds is 9. The first-order chi connectivity index (χ1) is 18.6. The summed E-state index contributed by atoms with van der Waals surface area (Å²) in [6, 6.07) is 20.2. The molecular formula is C29H30FN5O2S. The minimum absolute atomic E-state index is 0.140. The van der Waals surface area contributed by atoms with Gasteiger partial charge < -0.3 is 19.5 Å². The van der Waals surface area contributed by atoms with Crippen molar-refractivity contribution in [3.05, 3.63) is 101 Å². The molecule has 1 N–H and O–H groups in total. The highest BCUT2D eigenvalue weighted by molar-refractivity contribution is 7.98. The van der Waals surface area contributed by atoms with Crippen LogP contribution < -0.4 is 15.1 Å². The van der Waals surface area contributed by atoms with Crippen LogP contribution in [0.5, 0.6) is 0 Å². The van der Waals surface area contributed by atoms with Crippen LogP contribution in [0, 0.1) is 5.82 Å². The zero-order valence-electron chi connectivity index (χ0n) is 21.3. The van der Waals surface area contributed by atoms with Gasteiger partial charge in [-0.25, -0.2) is 14.4 Å². The van der Waals surface area contributed by atoms with Gasteiger partial charge in [-0.2, -0.15) is 0 Å². The van der Waals surface area contributed by atoms with Gasteiger partial charge in [0.2, 0.25) is 0 Å². The first kappa shape index (κ1) is 25.8. The van der Waals surface area contributed by atoms with Crippen molar-refractivity contribution >= 4 is 29.2 Å². The number of amides is 1. The van der Waals surface area contributed by atoms with Gasteiger partial charge >= 0.3 is 0 Å². The maximum absolute atomic E-state index is 14.2. The highest BCUT2D eigenvalue weighted by Crippen LogP contribution is 2.26. The number of furan rings is 1. The van der Waals surface area contributed by atoms with Gasteiger partial charge in [0, 0.05) is 49.3 Å². The average Bonchev–Trinajstić information content (AvgIpc) is 3.49. The number of carbonyl (C=O) groups is 1. The lowest BCUT2D eigenvalue weighted by Crippen LogP contribution is -2.47. The summed E-state index contributed by atoms with van der Waals surface area (Å²) in [5.74, 6) is 2.00. The lowest BCUT2D eigenvalue weighted by atomic mass is 10.1. The molecule has 0 spiro atoms. The molecule has 9 heteroatoms. The molecule has 38 heavy (non-hydrogen) atoms. The van der Waals surface area contributed by atoms with Gasteiger partial charge in [-0.1, -0.05) is 43.0 Å². The Hall–Kier alpha value is -3.85. The number of para-hydroxylation sites is 1. The molecule has 2 aromatic carbocycles. The van der Waals surface area contributed by atoms with Crippen molar-refractivity contribution in [2.75, 3.05) is 36.0 Å². The van der Waals surface area contributed by atoms with E-state index in [1.165, 1.54) is 6.07 Å². The van der Waals surface area contributed by atoms with E-state index in [-0.39, 0.29) is 11.7 Å². The number of thioether (sulfide) groups is 1. The molecule has 1 fully saturated rings. The summed E-state index contributed by atoms with van der Waals surface area (Å²) < 4.78 is 19.5. The zero-order valence-corrected chi connectivity index (χ0v) is 22.1. The number of anilines is 2. The Morgan fingerprint density at radius 2 is 1.76 bits per heavy atom. The molecule has 1 amide bonds. The van der Waals surface area contributed by atoms with Crippen LogP contribution in [0.25, 0.3) is 0 Å². The highest BCUT2D eigenvalue weighted by Gasteiger charge is 2.21. The molecule has 1 aliphatic rings. The Morgan fingerprint density at radius 3 is 2.47 bits per heavy atom. The molecule has 7 nitrogen and oxygen atoms in total. The van der Waals surface area contributed by atoms with Crippen LogP contribution in [0.2, 0.25) is 0 Å². The van der Waals surface area contributed by atoms with Gasteiger partial charge in [-0.3, -0.25) is 4.79 Å². The second-order valence-corrected chi connectivity index (χ2v) is 9.97. The molecule has 0 saturated carbocycles. The molecule has 0 bridgehead atoms. The Kier molecular flexibility index (Phi) is 8.23. The number of piperazine rings is 1. The fourth-order valence-corrected chi connectivity index (χ4v) is 5.16. The number of nitrogens with one attached hydrogen (secondary N) is 1. The summed E-state index contributed by atoms with van der Waals surface area (Å²) in [6.45, 7) is 5.44. The summed E-state index contributed by atoms with van der Waals surface area (Å²) in [7, 11) is 0. The molecule has 0 atom stereocenters. The second kappa shape index (κ2) is 12.1. The number of nitrogens with zero attached hydrogens (tertiary/aromatic N) is 4. The standard InChI is InChI=1S/C29H30FN5O2S/c1-2-23-18-27(35-15-13-34(14-16-35)26-8-4-3-7-25(26)30)33-29(32-23)38-20-21-9-11-22(12-10-21)28(36)31-19-24-6-5-17-37-24/h3-12,17-18H,2,13-16,19-20H2,1H3,(H,31,36). The first-order valence-corrected chi connectivity index (χ1v) is 13.7. The van der Waals surface area contributed by atoms with Crippen molar-refractivity contribution in [2.45, 2.75) is 30.8 Å². The zero-order chi connectivity index (χ0) is 26.3. The number of halogens is 1. The molecule has 1 aliphatic heterocycles. The second-order valence-electron chi connectivity index (χ2n) is 9.03. The number of aromatic nitrogens is 2. The minimum Gasteiger partial charge on any atom is -0.467 e. The summed E-state index contributed by atoms with van der Waals surface area (Å²) in [6.07, 6.45) is 2.41. The smallest absolute Gasteiger partial charge is 0.251 e. The summed E-state index contributed by atoms with van der Waals surface area (Å²) >= 11 is 1.58. The van der Waals surface area contributed by atoms with E-state index in [1.807, 2.05) is 42.5 Å². The third kappa shape index (κ3) is 6.34. The average molecular weight is 532 g/mol. The lowest BCUT2D eigenvalue weighted by Gasteiger charge is -2.37. The van der Waals surface area contributed by atoms with Crippen molar-refractivity contribution < 1.29 is 13.6 Å². The molecule has 1 saturated heterocycles. The van der Waals surface area contributed by atoms with Crippen LogP contribution in [0.4, 0.5) is 15.9 Å². The topological polar surface area (TPSA) is 74.5 Å². The summed E-state index contributed by atoms with van der Waals surface area (Å²) in [5, 5.41) is 3.59. The van der Waals surface area contributed by atoms with Crippen LogP contribution in [-0.4, -0.2) is 42.1 Å². The number of carbonyl (C=O) groups excluding carboxylic acids is 1. The monoisotopic (exact) mass is 531 g/mol. The van der Waals surface area contributed by atoms with E-state index in [1.54, 1.807) is 30.2 Å².